The lowest BCUT2D eigenvalue weighted by Crippen LogP contribution is -2.56. The molecule has 8 nitrogen and oxygen atoms in total. The molecule has 5 rings (SSSR count). The molecule has 1 saturated carbocycles. The Kier molecular flexibility index (Phi) is 3.62. The van der Waals surface area contributed by atoms with Gasteiger partial charge in [0.05, 0.1) is 10.9 Å². The summed E-state index contributed by atoms with van der Waals surface area (Å²) < 4.78 is 0. The lowest BCUT2D eigenvalue weighted by Gasteiger charge is -2.41. The minimum atomic E-state index is -2.56. The minimum Gasteiger partial charge on any atom is -0.508 e. The molecule has 8 heteroatoms. The molecule has 0 aliphatic heterocycles. The number of aliphatic hydroxyl groups excluding tert-OH is 1. The fourth-order valence-electron chi connectivity index (χ4n) is 4.93. The van der Waals surface area contributed by atoms with Gasteiger partial charge < -0.3 is 26.2 Å². The van der Waals surface area contributed by atoms with Crippen LogP contribution in [0.15, 0.2) is 29.5 Å². The van der Waals surface area contributed by atoms with E-state index in [0.29, 0.717) is 16.9 Å². The SMILES string of the molecule is NC(=O)C1=C(O)[C@@]2(O)C(=O)c3c(cc4c(C5CC5)ccc(O)c4c3O)C[C@H]2CC1=O. The van der Waals surface area contributed by atoms with Crippen molar-refractivity contribution in [2.45, 2.75) is 37.2 Å². The summed E-state index contributed by atoms with van der Waals surface area (Å²) in [5, 5.41) is 43.7. The zero-order valence-electron chi connectivity index (χ0n) is 15.8. The molecule has 0 bridgehead atoms. The fourth-order valence-corrected chi connectivity index (χ4v) is 4.93. The second kappa shape index (κ2) is 5.82. The number of aliphatic hydroxyl groups is 2. The van der Waals surface area contributed by atoms with Crippen LogP contribution in [0, 0.1) is 5.92 Å². The van der Waals surface area contributed by atoms with E-state index in [1.165, 1.54) is 6.07 Å². The lowest BCUT2D eigenvalue weighted by atomic mass is 9.64. The van der Waals surface area contributed by atoms with Gasteiger partial charge in [-0.25, -0.2) is 0 Å². The Morgan fingerprint density at radius 3 is 2.43 bits per heavy atom. The molecule has 0 heterocycles. The first-order valence-electron chi connectivity index (χ1n) is 9.70. The van der Waals surface area contributed by atoms with Crippen LogP contribution in [-0.4, -0.2) is 43.5 Å². The number of phenols is 2. The molecule has 30 heavy (non-hydrogen) atoms. The summed E-state index contributed by atoms with van der Waals surface area (Å²) in [7, 11) is 0. The van der Waals surface area contributed by atoms with Crippen molar-refractivity contribution in [1.29, 1.82) is 0 Å². The molecule has 0 spiro atoms. The van der Waals surface area contributed by atoms with Crippen molar-refractivity contribution in [1.82, 2.24) is 0 Å². The van der Waals surface area contributed by atoms with Gasteiger partial charge in [0.1, 0.15) is 22.8 Å². The van der Waals surface area contributed by atoms with Gasteiger partial charge >= 0.3 is 0 Å². The number of hydrogen-bond donors (Lipinski definition) is 5. The molecular formula is C22H19NO7. The number of fused-ring (bicyclic) bond motifs is 3. The largest absolute Gasteiger partial charge is 0.508 e. The topological polar surface area (TPSA) is 158 Å². The van der Waals surface area contributed by atoms with Gasteiger partial charge in [-0.2, -0.15) is 0 Å². The second-order valence-corrected chi connectivity index (χ2v) is 8.34. The Hall–Kier alpha value is -3.39. The molecule has 1 amide bonds. The van der Waals surface area contributed by atoms with E-state index < -0.39 is 46.1 Å². The number of rotatable bonds is 2. The zero-order chi connectivity index (χ0) is 21.5. The van der Waals surface area contributed by atoms with Crippen LogP contribution in [0.2, 0.25) is 0 Å². The predicted molar refractivity (Wildman–Crippen MR) is 104 cm³/mol. The molecule has 0 radical (unpaired) electrons. The number of nitrogens with two attached hydrogens (primary N) is 1. The van der Waals surface area contributed by atoms with Gasteiger partial charge in [0, 0.05) is 12.3 Å². The molecule has 2 aromatic rings. The summed E-state index contributed by atoms with van der Waals surface area (Å²) in [5.74, 6) is -5.51. The minimum absolute atomic E-state index is 0.0165. The van der Waals surface area contributed by atoms with E-state index in [1.807, 2.05) is 0 Å². The maximum Gasteiger partial charge on any atom is 0.255 e. The van der Waals surface area contributed by atoms with Crippen molar-refractivity contribution in [3.05, 3.63) is 46.2 Å². The Morgan fingerprint density at radius 1 is 1.10 bits per heavy atom. The van der Waals surface area contributed by atoms with Gasteiger partial charge in [-0.15, -0.1) is 0 Å². The predicted octanol–water partition coefficient (Wildman–Crippen LogP) is 1.48. The Morgan fingerprint density at radius 2 is 1.80 bits per heavy atom. The maximum atomic E-state index is 13.3. The number of Topliss-reactive ketones (excluding diaryl/α,β-unsaturated/α-hetero) is 2. The third-order valence-corrected chi connectivity index (χ3v) is 6.57. The number of primary amides is 1. The van der Waals surface area contributed by atoms with Crippen molar-refractivity contribution in [3.8, 4) is 11.5 Å². The molecule has 1 fully saturated rings. The monoisotopic (exact) mass is 409 g/mol. The van der Waals surface area contributed by atoms with E-state index in [0.717, 1.165) is 18.4 Å². The first kappa shape index (κ1) is 18.6. The van der Waals surface area contributed by atoms with Crippen molar-refractivity contribution >= 4 is 28.2 Å². The standard InChI is InChI=1S/C22H19NO7/c23-21(29)17-14(25)7-10-5-9-6-12-11(8-1-2-8)3-4-13(24)16(12)18(26)15(9)19(27)22(10,30)20(17)28/h3-4,6,8,10,24,26,28,30H,1-2,5,7H2,(H2,23,29)/t10-,22-/m0/s1. The Bertz CT molecular complexity index is 1220. The van der Waals surface area contributed by atoms with E-state index in [4.69, 9.17) is 5.73 Å². The Balaban J connectivity index is 1.79. The van der Waals surface area contributed by atoms with Crippen LogP contribution in [0.4, 0.5) is 0 Å². The number of ketones is 2. The third kappa shape index (κ3) is 2.22. The number of hydrogen-bond acceptors (Lipinski definition) is 7. The van der Waals surface area contributed by atoms with E-state index in [-0.39, 0.29) is 29.5 Å². The molecule has 0 aromatic heterocycles. The summed E-state index contributed by atoms with van der Waals surface area (Å²) in [4.78, 5) is 37.2. The average Bonchev–Trinajstić information content (AvgIpc) is 3.49. The normalized spacial score (nSPS) is 26.0. The molecular weight excluding hydrogens is 390 g/mol. The van der Waals surface area contributed by atoms with Gasteiger partial charge in [-0.05, 0) is 53.8 Å². The number of aromatic hydroxyl groups is 2. The molecule has 2 aromatic carbocycles. The average molecular weight is 409 g/mol. The quantitative estimate of drug-likeness (QED) is 0.470. The number of benzene rings is 2. The zero-order valence-corrected chi connectivity index (χ0v) is 15.8. The molecule has 154 valence electrons. The van der Waals surface area contributed by atoms with Crippen molar-refractivity contribution in [3.63, 3.8) is 0 Å². The van der Waals surface area contributed by atoms with Crippen molar-refractivity contribution < 1.29 is 34.8 Å². The summed E-state index contributed by atoms with van der Waals surface area (Å²) in [6.07, 6.45) is 1.64. The van der Waals surface area contributed by atoms with E-state index in [9.17, 15) is 34.8 Å². The number of amides is 1. The van der Waals surface area contributed by atoms with Gasteiger partial charge in [0.25, 0.3) is 5.91 Å². The van der Waals surface area contributed by atoms with E-state index >= 15 is 0 Å². The van der Waals surface area contributed by atoms with Crippen LogP contribution < -0.4 is 5.73 Å². The highest BCUT2D eigenvalue weighted by atomic mass is 16.3. The first-order valence-corrected chi connectivity index (χ1v) is 9.70. The molecule has 0 unspecified atom stereocenters. The van der Waals surface area contributed by atoms with Crippen LogP contribution >= 0.6 is 0 Å². The molecule has 3 aliphatic carbocycles. The number of carbonyl (C=O) groups is 3. The van der Waals surface area contributed by atoms with Crippen LogP contribution in [0.3, 0.4) is 0 Å². The van der Waals surface area contributed by atoms with E-state index in [2.05, 4.69) is 0 Å². The van der Waals surface area contributed by atoms with Gasteiger partial charge in [0.2, 0.25) is 5.78 Å². The lowest BCUT2D eigenvalue weighted by molar-refractivity contribution is -0.125. The highest BCUT2D eigenvalue weighted by molar-refractivity contribution is 6.23. The summed E-state index contributed by atoms with van der Waals surface area (Å²) >= 11 is 0. The fraction of sp³-hybridized carbons (Fsp3) is 0.318. The van der Waals surface area contributed by atoms with Crippen molar-refractivity contribution in [2.24, 2.45) is 11.7 Å². The van der Waals surface area contributed by atoms with Gasteiger partial charge in [0.15, 0.2) is 11.4 Å². The van der Waals surface area contributed by atoms with Crippen LogP contribution in [-0.2, 0) is 16.0 Å². The molecule has 6 N–H and O–H groups in total. The summed E-state index contributed by atoms with van der Waals surface area (Å²) in [6, 6.07) is 4.94. The summed E-state index contributed by atoms with van der Waals surface area (Å²) in [6.45, 7) is 0. The number of phenolic OH excluding ortho intramolecular Hbond substituents is 2. The molecule has 0 saturated heterocycles. The van der Waals surface area contributed by atoms with E-state index in [1.54, 1.807) is 12.1 Å². The van der Waals surface area contributed by atoms with Crippen LogP contribution in [0.25, 0.3) is 10.8 Å². The first-order chi connectivity index (χ1) is 14.2. The second-order valence-electron chi connectivity index (χ2n) is 8.34. The molecule has 2 atom stereocenters. The summed E-state index contributed by atoms with van der Waals surface area (Å²) in [5.41, 5.74) is 2.93. The Labute approximate surface area is 170 Å². The highest BCUT2D eigenvalue weighted by Gasteiger charge is 2.57. The third-order valence-electron chi connectivity index (χ3n) is 6.57. The maximum absolute atomic E-state index is 13.3. The van der Waals surface area contributed by atoms with Gasteiger partial charge in [-0.1, -0.05) is 6.07 Å². The smallest absolute Gasteiger partial charge is 0.255 e. The van der Waals surface area contributed by atoms with Crippen molar-refractivity contribution in [2.75, 3.05) is 0 Å². The highest BCUT2D eigenvalue weighted by Crippen LogP contribution is 2.51. The molecule has 3 aliphatic rings. The van der Waals surface area contributed by atoms with Gasteiger partial charge in [-0.3, -0.25) is 14.4 Å². The van der Waals surface area contributed by atoms with Crippen LogP contribution in [0.1, 0.15) is 46.7 Å². The number of carbonyl (C=O) groups excluding carboxylic acids is 3. The van der Waals surface area contributed by atoms with Crippen LogP contribution in [0.5, 0.6) is 11.5 Å².